The molecular formula is C28H32ClNO5. The van der Waals surface area contributed by atoms with E-state index < -0.39 is 17.9 Å². The Morgan fingerprint density at radius 2 is 1.49 bits per heavy atom. The van der Waals surface area contributed by atoms with E-state index in [-0.39, 0.29) is 13.2 Å². The zero-order chi connectivity index (χ0) is 25.2. The molecule has 0 spiro atoms. The number of unbranched alkanes of at least 4 members (excludes halogenated alkanes) is 1. The van der Waals surface area contributed by atoms with Gasteiger partial charge in [0, 0.05) is 29.5 Å². The van der Waals surface area contributed by atoms with Crippen LogP contribution >= 0.6 is 11.6 Å². The van der Waals surface area contributed by atoms with Crippen LogP contribution in [0.15, 0.2) is 72.1 Å². The lowest BCUT2D eigenvalue weighted by Crippen LogP contribution is -2.29. The highest BCUT2D eigenvalue weighted by Gasteiger charge is 2.37. The Morgan fingerprint density at radius 3 is 2.06 bits per heavy atom. The van der Waals surface area contributed by atoms with Crippen LogP contribution in [-0.2, 0) is 25.6 Å². The lowest BCUT2D eigenvalue weighted by atomic mass is 9.82. The third kappa shape index (κ3) is 6.89. The molecule has 3 rings (SSSR count). The largest absolute Gasteiger partial charge is 0.493 e. The van der Waals surface area contributed by atoms with Gasteiger partial charge >= 0.3 is 11.9 Å². The second-order valence-corrected chi connectivity index (χ2v) is 8.52. The molecule has 7 heteroatoms. The predicted molar refractivity (Wildman–Crippen MR) is 136 cm³/mol. The van der Waals surface area contributed by atoms with Gasteiger partial charge in [0.25, 0.3) is 0 Å². The zero-order valence-corrected chi connectivity index (χ0v) is 21.2. The first-order chi connectivity index (χ1) is 17.0. The molecule has 0 aliphatic carbocycles. The molecule has 0 radical (unpaired) electrons. The van der Waals surface area contributed by atoms with Gasteiger partial charge in [-0.3, -0.25) is 0 Å². The fraction of sp³-hybridized carbons (Fsp3) is 0.357. The zero-order valence-electron chi connectivity index (χ0n) is 20.5. The number of ether oxygens (including phenoxy) is 3. The average molecular weight is 498 g/mol. The fourth-order valence-electron chi connectivity index (χ4n) is 3.89. The number of esters is 2. The van der Waals surface area contributed by atoms with Gasteiger partial charge in [-0.15, -0.1) is 0 Å². The quantitative estimate of drug-likeness (QED) is 0.280. The second kappa shape index (κ2) is 13.0. The molecule has 0 bridgehead atoms. The van der Waals surface area contributed by atoms with E-state index in [4.69, 9.17) is 25.8 Å². The van der Waals surface area contributed by atoms with Gasteiger partial charge in [-0.1, -0.05) is 55.3 Å². The van der Waals surface area contributed by atoms with Gasteiger partial charge < -0.3 is 19.1 Å². The summed E-state index contributed by atoms with van der Waals surface area (Å²) in [7, 11) is 0. The van der Waals surface area contributed by atoms with Crippen LogP contribution in [0.3, 0.4) is 0 Å². The molecule has 0 N–H and O–H groups in total. The Balaban J connectivity index is 2.08. The van der Waals surface area contributed by atoms with E-state index in [1.165, 1.54) is 0 Å². The van der Waals surface area contributed by atoms with Crippen molar-refractivity contribution < 1.29 is 23.8 Å². The van der Waals surface area contributed by atoms with Crippen LogP contribution in [0.2, 0.25) is 5.02 Å². The van der Waals surface area contributed by atoms with Gasteiger partial charge in [-0.2, -0.15) is 0 Å². The molecule has 0 aromatic heterocycles. The van der Waals surface area contributed by atoms with Crippen molar-refractivity contribution in [3.8, 4) is 5.75 Å². The van der Waals surface area contributed by atoms with E-state index in [1.54, 1.807) is 43.3 Å². The molecule has 35 heavy (non-hydrogen) atoms. The Kier molecular flexibility index (Phi) is 9.79. The molecule has 0 fully saturated rings. The highest BCUT2D eigenvalue weighted by molar-refractivity contribution is 6.30. The van der Waals surface area contributed by atoms with Gasteiger partial charge in [0.2, 0.25) is 0 Å². The molecule has 1 heterocycles. The fourth-order valence-corrected chi connectivity index (χ4v) is 4.01. The number of carbonyl (C=O) groups excluding carboxylic acids is 2. The maximum absolute atomic E-state index is 13.2. The highest BCUT2D eigenvalue weighted by Crippen LogP contribution is 2.41. The van der Waals surface area contributed by atoms with Crippen LogP contribution in [0.1, 0.15) is 50.7 Å². The molecule has 2 aromatic carbocycles. The Labute approximate surface area is 212 Å². The van der Waals surface area contributed by atoms with Crippen LogP contribution in [0.25, 0.3) is 0 Å². The number of para-hydroxylation sites is 1. The second-order valence-electron chi connectivity index (χ2n) is 8.08. The Morgan fingerprint density at radius 1 is 0.886 bits per heavy atom. The molecule has 1 aliphatic heterocycles. The molecule has 1 aliphatic rings. The van der Waals surface area contributed by atoms with Gasteiger partial charge in [0.15, 0.2) is 0 Å². The van der Waals surface area contributed by atoms with Crippen LogP contribution in [0.4, 0.5) is 0 Å². The van der Waals surface area contributed by atoms with Crippen molar-refractivity contribution in [3.05, 3.63) is 88.2 Å². The summed E-state index contributed by atoms with van der Waals surface area (Å²) in [6.45, 7) is 7.01. The number of hydrogen-bond acceptors (Lipinski definition) is 6. The SMILES string of the molecule is CCCCOc1ccccc1C1C(C(=O)OCC)=CN(Cc2ccc(Cl)cc2)C=C1C(=O)OCC. The predicted octanol–water partition coefficient (Wildman–Crippen LogP) is 6.01. The van der Waals surface area contributed by atoms with Crippen molar-refractivity contribution in [1.82, 2.24) is 4.90 Å². The maximum Gasteiger partial charge on any atom is 0.336 e. The summed E-state index contributed by atoms with van der Waals surface area (Å²) >= 11 is 6.03. The molecule has 186 valence electrons. The first-order valence-electron chi connectivity index (χ1n) is 12.0. The number of rotatable bonds is 11. The summed E-state index contributed by atoms with van der Waals surface area (Å²) in [5.41, 5.74) is 2.37. The summed E-state index contributed by atoms with van der Waals surface area (Å²) in [5.74, 6) is -1.04. The van der Waals surface area contributed by atoms with Gasteiger partial charge in [0.1, 0.15) is 5.75 Å². The number of carbonyl (C=O) groups is 2. The number of benzene rings is 2. The molecule has 0 saturated heterocycles. The van der Waals surface area contributed by atoms with Crippen molar-refractivity contribution in [3.63, 3.8) is 0 Å². The molecule has 0 unspecified atom stereocenters. The topological polar surface area (TPSA) is 65.1 Å². The average Bonchev–Trinajstić information content (AvgIpc) is 2.86. The van der Waals surface area contributed by atoms with Crippen molar-refractivity contribution >= 4 is 23.5 Å². The smallest absolute Gasteiger partial charge is 0.336 e. The molecule has 0 amide bonds. The minimum absolute atomic E-state index is 0.215. The number of hydrogen-bond donors (Lipinski definition) is 0. The monoisotopic (exact) mass is 497 g/mol. The molecule has 2 aromatic rings. The molecule has 6 nitrogen and oxygen atoms in total. The van der Waals surface area contributed by atoms with E-state index >= 15 is 0 Å². The summed E-state index contributed by atoms with van der Waals surface area (Å²) in [5, 5.41) is 0.637. The normalized spacial score (nSPS) is 13.7. The summed E-state index contributed by atoms with van der Waals surface area (Å²) < 4.78 is 16.9. The number of halogens is 1. The third-order valence-corrected chi connectivity index (χ3v) is 5.77. The first kappa shape index (κ1) is 26.4. The minimum atomic E-state index is -0.688. The summed E-state index contributed by atoms with van der Waals surface area (Å²) in [4.78, 5) is 28.1. The van der Waals surface area contributed by atoms with Crippen molar-refractivity contribution in [2.45, 2.75) is 46.1 Å². The van der Waals surface area contributed by atoms with Crippen molar-refractivity contribution in [2.75, 3.05) is 19.8 Å². The lowest BCUT2D eigenvalue weighted by molar-refractivity contribution is -0.139. The molecular weight excluding hydrogens is 466 g/mol. The minimum Gasteiger partial charge on any atom is -0.493 e. The number of nitrogens with zero attached hydrogens (tertiary/aromatic N) is 1. The van der Waals surface area contributed by atoms with Crippen LogP contribution in [0.5, 0.6) is 5.75 Å². The van der Waals surface area contributed by atoms with Crippen LogP contribution < -0.4 is 4.74 Å². The van der Waals surface area contributed by atoms with Gasteiger partial charge in [-0.05, 0) is 44.0 Å². The highest BCUT2D eigenvalue weighted by atomic mass is 35.5. The van der Waals surface area contributed by atoms with Crippen molar-refractivity contribution in [2.24, 2.45) is 0 Å². The van der Waals surface area contributed by atoms with E-state index in [9.17, 15) is 9.59 Å². The van der Waals surface area contributed by atoms with E-state index in [1.807, 2.05) is 36.4 Å². The van der Waals surface area contributed by atoms with E-state index in [0.717, 1.165) is 18.4 Å². The van der Waals surface area contributed by atoms with Crippen LogP contribution in [-0.4, -0.2) is 36.7 Å². The van der Waals surface area contributed by atoms with Gasteiger partial charge in [0.05, 0.1) is 36.9 Å². The van der Waals surface area contributed by atoms with Crippen LogP contribution in [0, 0.1) is 0 Å². The maximum atomic E-state index is 13.2. The van der Waals surface area contributed by atoms with E-state index in [0.29, 0.717) is 40.6 Å². The first-order valence-corrected chi connectivity index (χ1v) is 12.4. The van der Waals surface area contributed by atoms with Gasteiger partial charge in [-0.25, -0.2) is 9.59 Å². The molecule has 0 atom stereocenters. The summed E-state index contributed by atoms with van der Waals surface area (Å²) in [6.07, 6.45) is 5.37. The summed E-state index contributed by atoms with van der Waals surface area (Å²) in [6, 6.07) is 14.9. The van der Waals surface area contributed by atoms with E-state index in [2.05, 4.69) is 6.92 Å². The Hall–Kier alpha value is -3.25. The Bertz CT molecular complexity index is 1040. The lowest BCUT2D eigenvalue weighted by Gasteiger charge is -2.31. The van der Waals surface area contributed by atoms with Crippen molar-refractivity contribution in [1.29, 1.82) is 0 Å². The molecule has 0 saturated carbocycles. The third-order valence-electron chi connectivity index (χ3n) is 5.52. The standard InChI is InChI=1S/C28H32ClNO5/c1-4-7-16-35-25-11-9-8-10-22(25)26-23(27(31)33-5-2)18-30(19-24(26)28(32)34-6-3)17-20-12-14-21(29)15-13-20/h8-15,18-19,26H,4-7,16-17H2,1-3H3.